The van der Waals surface area contributed by atoms with E-state index < -0.39 is 6.10 Å². The number of aromatic amines is 1. The van der Waals surface area contributed by atoms with Crippen molar-refractivity contribution in [2.45, 2.75) is 13.0 Å². The number of para-hydroxylation sites is 2. The molecule has 2 N–H and O–H groups in total. The average Bonchev–Trinajstić information content (AvgIpc) is 3.19. The summed E-state index contributed by atoms with van der Waals surface area (Å²) in [7, 11) is 1.60. The highest BCUT2D eigenvalue weighted by Crippen LogP contribution is 2.22. The molecule has 0 fully saturated rings. The van der Waals surface area contributed by atoms with Crippen LogP contribution in [0.1, 0.15) is 6.92 Å². The Hall–Kier alpha value is -3.80. The van der Waals surface area contributed by atoms with Gasteiger partial charge < -0.3 is 19.8 Å². The van der Waals surface area contributed by atoms with Gasteiger partial charge in [-0.2, -0.15) is 0 Å². The Labute approximate surface area is 168 Å². The molecule has 0 aliphatic heterocycles. The van der Waals surface area contributed by atoms with E-state index in [0.29, 0.717) is 11.4 Å². The largest absolute Gasteiger partial charge is 0.497 e. The predicted molar refractivity (Wildman–Crippen MR) is 113 cm³/mol. The fourth-order valence-corrected chi connectivity index (χ4v) is 2.96. The molecule has 1 aromatic heterocycles. The van der Waals surface area contributed by atoms with Crippen LogP contribution in [0.5, 0.6) is 11.5 Å². The summed E-state index contributed by atoms with van der Waals surface area (Å²) in [4.78, 5) is 20.3. The van der Waals surface area contributed by atoms with Crippen LogP contribution in [-0.4, -0.2) is 29.1 Å². The first kappa shape index (κ1) is 18.6. The van der Waals surface area contributed by atoms with Gasteiger partial charge in [-0.15, -0.1) is 0 Å². The van der Waals surface area contributed by atoms with Gasteiger partial charge in [0, 0.05) is 11.3 Å². The molecule has 4 rings (SSSR count). The number of H-pyrrole nitrogens is 1. The monoisotopic (exact) mass is 387 g/mol. The number of anilines is 1. The molecule has 29 heavy (non-hydrogen) atoms. The lowest BCUT2D eigenvalue weighted by Crippen LogP contribution is -2.30. The van der Waals surface area contributed by atoms with Crippen LogP contribution in [0.4, 0.5) is 5.69 Å². The molecule has 0 aliphatic rings. The van der Waals surface area contributed by atoms with Crippen LogP contribution < -0.4 is 14.8 Å². The summed E-state index contributed by atoms with van der Waals surface area (Å²) in [5.74, 6) is 1.91. The van der Waals surface area contributed by atoms with Gasteiger partial charge in [-0.25, -0.2) is 4.98 Å². The van der Waals surface area contributed by atoms with Gasteiger partial charge in [-0.1, -0.05) is 12.1 Å². The van der Waals surface area contributed by atoms with Gasteiger partial charge in [0.25, 0.3) is 5.91 Å². The standard InChI is InChI=1S/C23H21N3O3/c1-15(29-19-13-11-18(28-2)12-14-19)23(27)24-17-9-7-16(8-10-17)22-25-20-5-3-4-6-21(20)26-22/h3-15H,1-2H3,(H,24,27)(H,25,26). The number of rotatable bonds is 6. The van der Waals surface area contributed by atoms with Gasteiger partial charge in [0.2, 0.25) is 0 Å². The zero-order valence-electron chi connectivity index (χ0n) is 16.2. The molecule has 6 nitrogen and oxygen atoms in total. The number of carbonyl (C=O) groups is 1. The summed E-state index contributed by atoms with van der Waals surface area (Å²) in [6, 6.07) is 22.5. The Morgan fingerprint density at radius 2 is 1.66 bits per heavy atom. The van der Waals surface area contributed by atoms with Crippen molar-refractivity contribution < 1.29 is 14.3 Å². The number of hydrogen-bond donors (Lipinski definition) is 2. The quantitative estimate of drug-likeness (QED) is 0.505. The normalized spacial score (nSPS) is 11.8. The zero-order chi connectivity index (χ0) is 20.2. The van der Waals surface area contributed by atoms with Gasteiger partial charge in [0.05, 0.1) is 18.1 Å². The smallest absolute Gasteiger partial charge is 0.265 e. The number of nitrogens with zero attached hydrogens (tertiary/aromatic N) is 1. The fourth-order valence-electron chi connectivity index (χ4n) is 2.96. The van der Waals surface area contributed by atoms with Gasteiger partial charge in [0.1, 0.15) is 17.3 Å². The molecule has 3 aromatic carbocycles. The highest BCUT2D eigenvalue weighted by molar-refractivity contribution is 5.94. The summed E-state index contributed by atoms with van der Waals surface area (Å²) in [6.45, 7) is 1.71. The number of nitrogens with one attached hydrogen (secondary N) is 2. The van der Waals surface area contributed by atoms with Crippen molar-refractivity contribution in [3.8, 4) is 22.9 Å². The minimum absolute atomic E-state index is 0.225. The molecule has 1 amide bonds. The third-order valence-electron chi connectivity index (χ3n) is 4.56. The highest BCUT2D eigenvalue weighted by atomic mass is 16.5. The lowest BCUT2D eigenvalue weighted by Gasteiger charge is -2.15. The number of fused-ring (bicyclic) bond motifs is 1. The van der Waals surface area contributed by atoms with Crippen LogP contribution in [0.25, 0.3) is 22.4 Å². The summed E-state index contributed by atoms with van der Waals surface area (Å²) in [5, 5.41) is 2.87. The maximum absolute atomic E-state index is 12.4. The molecule has 0 aliphatic carbocycles. The topological polar surface area (TPSA) is 76.2 Å². The molecule has 4 aromatic rings. The lowest BCUT2D eigenvalue weighted by molar-refractivity contribution is -0.122. The van der Waals surface area contributed by atoms with Crippen molar-refractivity contribution in [1.29, 1.82) is 0 Å². The number of benzene rings is 3. The Bertz CT molecular complexity index is 1090. The van der Waals surface area contributed by atoms with Crippen molar-refractivity contribution in [2.75, 3.05) is 12.4 Å². The first-order valence-electron chi connectivity index (χ1n) is 9.29. The summed E-state index contributed by atoms with van der Waals surface area (Å²) in [5.41, 5.74) is 3.55. The first-order valence-corrected chi connectivity index (χ1v) is 9.29. The molecule has 0 radical (unpaired) electrons. The number of amides is 1. The second-order valence-electron chi connectivity index (χ2n) is 6.60. The second kappa shape index (κ2) is 8.06. The second-order valence-corrected chi connectivity index (χ2v) is 6.60. The van der Waals surface area contributed by atoms with Crippen molar-refractivity contribution in [2.24, 2.45) is 0 Å². The van der Waals surface area contributed by atoms with Gasteiger partial charge in [-0.05, 0) is 67.6 Å². The SMILES string of the molecule is COc1ccc(OC(C)C(=O)Nc2ccc(-c3nc4ccccc4[nH]3)cc2)cc1. The summed E-state index contributed by atoms with van der Waals surface area (Å²) in [6.07, 6.45) is -0.640. The van der Waals surface area contributed by atoms with Crippen LogP contribution >= 0.6 is 0 Å². The fraction of sp³-hybridized carbons (Fsp3) is 0.130. The van der Waals surface area contributed by atoms with Crippen LogP contribution in [0.2, 0.25) is 0 Å². The van der Waals surface area contributed by atoms with Gasteiger partial charge in [0.15, 0.2) is 6.10 Å². The van der Waals surface area contributed by atoms with Crippen LogP contribution in [0.15, 0.2) is 72.8 Å². The Morgan fingerprint density at radius 1 is 0.966 bits per heavy atom. The van der Waals surface area contributed by atoms with Crippen molar-refractivity contribution in [3.63, 3.8) is 0 Å². The average molecular weight is 387 g/mol. The number of imidazole rings is 1. The Kier molecular flexibility index (Phi) is 5.16. The van der Waals surface area contributed by atoms with Gasteiger partial charge >= 0.3 is 0 Å². The van der Waals surface area contributed by atoms with Crippen molar-refractivity contribution in [1.82, 2.24) is 9.97 Å². The van der Waals surface area contributed by atoms with E-state index in [4.69, 9.17) is 9.47 Å². The van der Waals surface area contributed by atoms with E-state index in [2.05, 4.69) is 15.3 Å². The zero-order valence-corrected chi connectivity index (χ0v) is 16.2. The Balaban J connectivity index is 1.40. The predicted octanol–water partition coefficient (Wildman–Crippen LogP) is 4.64. The molecular weight excluding hydrogens is 366 g/mol. The molecule has 0 saturated heterocycles. The number of methoxy groups -OCH3 is 1. The van der Waals surface area contributed by atoms with Crippen molar-refractivity contribution >= 4 is 22.6 Å². The minimum Gasteiger partial charge on any atom is -0.497 e. The van der Waals surface area contributed by atoms with E-state index in [1.165, 1.54) is 0 Å². The summed E-state index contributed by atoms with van der Waals surface area (Å²) < 4.78 is 10.8. The lowest BCUT2D eigenvalue weighted by atomic mass is 10.2. The third kappa shape index (κ3) is 4.21. The van der Waals surface area contributed by atoms with Crippen LogP contribution in [0.3, 0.4) is 0 Å². The number of hydrogen-bond acceptors (Lipinski definition) is 4. The highest BCUT2D eigenvalue weighted by Gasteiger charge is 2.15. The summed E-state index contributed by atoms with van der Waals surface area (Å²) >= 11 is 0. The van der Waals surface area contributed by atoms with E-state index in [1.807, 2.05) is 48.5 Å². The molecular formula is C23H21N3O3. The first-order chi connectivity index (χ1) is 14.1. The van der Waals surface area contributed by atoms with Crippen LogP contribution in [0, 0.1) is 0 Å². The molecule has 6 heteroatoms. The molecule has 0 saturated carbocycles. The van der Waals surface area contributed by atoms with Crippen LogP contribution in [-0.2, 0) is 4.79 Å². The Morgan fingerprint density at radius 3 is 2.34 bits per heavy atom. The molecule has 1 heterocycles. The van der Waals surface area contributed by atoms with E-state index in [9.17, 15) is 4.79 Å². The van der Waals surface area contributed by atoms with Gasteiger partial charge in [-0.3, -0.25) is 4.79 Å². The molecule has 1 unspecified atom stereocenters. The van der Waals surface area contributed by atoms with E-state index >= 15 is 0 Å². The minimum atomic E-state index is -0.640. The molecule has 1 atom stereocenters. The molecule has 0 spiro atoms. The number of ether oxygens (including phenoxy) is 2. The van der Waals surface area contributed by atoms with E-state index in [-0.39, 0.29) is 5.91 Å². The number of carbonyl (C=O) groups excluding carboxylic acids is 1. The molecule has 0 bridgehead atoms. The maximum atomic E-state index is 12.4. The third-order valence-corrected chi connectivity index (χ3v) is 4.56. The molecule has 146 valence electrons. The maximum Gasteiger partial charge on any atom is 0.265 e. The van der Waals surface area contributed by atoms with Crippen molar-refractivity contribution in [3.05, 3.63) is 72.8 Å². The number of aromatic nitrogens is 2. The van der Waals surface area contributed by atoms with E-state index in [1.54, 1.807) is 38.3 Å². The van der Waals surface area contributed by atoms with E-state index in [0.717, 1.165) is 28.2 Å².